The van der Waals surface area contributed by atoms with E-state index in [-0.39, 0.29) is 0 Å². The summed E-state index contributed by atoms with van der Waals surface area (Å²) in [6.07, 6.45) is 6.65. The zero-order valence-corrected chi connectivity index (χ0v) is 14.7. The van der Waals surface area contributed by atoms with Gasteiger partial charge in [-0.05, 0) is 83.0 Å². The molecule has 2 rings (SSSR count). The zero-order valence-electron chi connectivity index (χ0n) is 14.7. The van der Waals surface area contributed by atoms with Crippen LogP contribution < -0.4 is 5.73 Å². The lowest BCUT2D eigenvalue weighted by Gasteiger charge is -2.39. The molecule has 3 heteroatoms. The van der Waals surface area contributed by atoms with Crippen molar-refractivity contribution in [2.75, 3.05) is 40.3 Å². The number of likely N-dealkylation sites (tertiary alicyclic amines) is 1. The van der Waals surface area contributed by atoms with Crippen molar-refractivity contribution in [3.63, 3.8) is 0 Å². The van der Waals surface area contributed by atoms with Crippen molar-refractivity contribution < 1.29 is 0 Å². The molecule has 1 saturated carbocycles. The molecule has 21 heavy (non-hydrogen) atoms. The van der Waals surface area contributed by atoms with Crippen LogP contribution >= 0.6 is 0 Å². The molecule has 0 radical (unpaired) electrons. The van der Waals surface area contributed by atoms with Gasteiger partial charge in [-0.15, -0.1) is 0 Å². The van der Waals surface area contributed by atoms with E-state index in [9.17, 15) is 0 Å². The molecule has 1 saturated heterocycles. The van der Waals surface area contributed by atoms with Crippen LogP contribution in [0.2, 0.25) is 0 Å². The Morgan fingerprint density at radius 1 is 1.10 bits per heavy atom. The molecule has 0 aromatic rings. The average Bonchev–Trinajstić information content (AvgIpc) is 2.43. The molecule has 2 fully saturated rings. The Labute approximate surface area is 132 Å². The summed E-state index contributed by atoms with van der Waals surface area (Å²) in [5.41, 5.74) is 6.41. The maximum absolute atomic E-state index is 6.41. The Bertz CT molecular complexity index is 297. The van der Waals surface area contributed by atoms with E-state index in [1.165, 1.54) is 58.3 Å². The third-order valence-corrected chi connectivity index (χ3v) is 5.98. The zero-order chi connectivity index (χ0) is 15.4. The third-order valence-electron chi connectivity index (χ3n) is 5.98. The molecule has 0 bridgehead atoms. The minimum absolute atomic E-state index is 0.430. The topological polar surface area (TPSA) is 32.5 Å². The third kappa shape index (κ3) is 5.22. The predicted octanol–water partition coefficient (Wildman–Crippen LogP) is 2.66. The molecule has 1 heterocycles. The van der Waals surface area contributed by atoms with Crippen LogP contribution in [0, 0.1) is 23.7 Å². The summed E-state index contributed by atoms with van der Waals surface area (Å²) in [4.78, 5) is 5.03. The van der Waals surface area contributed by atoms with Crippen molar-refractivity contribution in [2.45, 2.75) is 52.0 Å². The van der Waals surface area contributed by atoms with E-state index < -0.39 is 0 Å². The number of hydrogen-bond acceptors (Lipinski definition) is 3. The van der Waals surface area contributed by atoms with E-state index in [0.29, 0.717) is 12.0 Å². The van der Waals surface area contributed by atoms with Crippen molar-refractivity contribution >= 4 is 0 Å². The quantitative estimate of drug-likeness (QED) is 0.846. The molecule has 1 aliphatic heterocycles. The number of rotatable bonds is 5. The second kappa shape index (κ2) is 7.94. The highest BCUT2D eigenvalue weighted by atomic mass is 15.1. The number of hydrogen-bond donors (Lipinski definition) is 1. The smallest absolute Gasteiger partial charge is 0.00795 e. The first-order valence-electron chi connectivity index (χ1n) is 9.08. The lowest BCUT2D eigenvalue weighted by Crippen LogP contribution is -2.44. The Morgan fingerprint density at radius 2 is 1.76 bits per heavy atom. The van der Waals surface area contributed by atoms with Gasteiger partial charge in [-0.25, -0.2) is 0 Å². The van der Waals surface area contributed by atoms with Gasteiger partial charge >= 0.3 is 0 Å². The summed E-state index contributed by atoms with van der Waals surface area (Å²) in [5.74, 6) is 3.32. The van der Waals surface area contributed by atoms with E-state index in [4.69, 9.17) is 5.73 Å². The molecular weight excluding hydrogens is 258 g/mol. The van der Waals surface area contributed by atoms with Gasteiger partial charge in [-0.1, -0.05) is 13.8 Å². The second-order valence-electron chi connectivity index (χ2n) is 8.21. The van der Waals surface area contributed by atoms with Gasteiger partial charge in [-0.3, -0.25) is 0 Å². The van der Waals surface area contributed by atoms with Gasteiger partial charge in [-0.2, -0.15) is 0 Å². The maximum atomic E-state index is 6.41. The fourth-order valence-corrected chi connectivity index (χ4v) is 4.30. The van der Waals surface area contributed by atoms with Crippen LogP contribution in [0.15, 0.2) is 0 Å². The van der Waals surface area contributed by atoms with Crippen LogP contribution in [-0.4, -0.2) is 56.1 Å². The van der Waals surface area contributed by atoms with Gasteiger partial charge in [0, 0.05) is 19.1 Å². The second-order valence-corrected chi connectivity index (χ2v) is 8.21. The maximum Gasteiger partial charge on any atom is 0.00795 e. The highest BCUT2D eigenvalue weighted by molar-refractivity contribution is 4.85. The molecular formula is C18H37N3. The monoisotopic (exact) mass is 295 g/mol. The molecule has 0 spiro atoms. The van der Waals surface area contributed by atoms with Gasteiger partial charge in [0.15, 0.2) is 0 Å². The minimum atomic E-state index is 0.430. The Hall–Kier alpha value is -0.120. The fraction of sp³-hybridized carbons (Fsp3) is 1.00. The van der Waals surface area contributed by atoms with Crippen molar-refractivity contribution in [1.82, 2.24) is 9.80 Å². The molecule has 3 unspecified atom stereocenters. The van der Waals surface area contributed by atoms with Crippen molar-refractivity contribution in [3.05, 3.63) is 0 Å². The molecule has 2 N–H and O–H groups in total. The van der Waals surface area contributed by atoms with Crippen LogP contribution in [0.25, 0.3) is 0 Å². The van der Waals surface area contributed by atoms with Gasteiger partial charge in [0.25, 0.3) is 0 Å². The Balaban J connectivity index is 1.76. The molecule has 0 aromatic carbocycles. The van der Waals surface area contributed by atoms with Crippen LogP contribution in [0.4, 0.5) is 0 Å². The van der Waals surface area contributed by atoms with E-state index in [1.807, 2.05) is 0 Å². The fourth-order valence-electron chi connectivity index (χ4n) is 4.30. The lowest BCUT2D eigenvalue weighted by atomic mass is 9.73. The normalized spacial score (nSPS) is 33.0. The average molecular weight is 296 g/mol. The summed E-state index contributed by atoms with van der Waals surface area (Å²) < 4.78 is 0. The van der Waals surface area contributed by atoms with E-state index in [0.717, 1.165) is 17.8 Å². The standard InChI is InChI=1S/C18H37N3/c1-14(2)16-5-6-18(19)17(11-16)13-21(4)12-15-7-9-20(3)10-8-15/h14-18H,5-13,19H2,1-4H3. The van der Waals surface area contributed by atoms with Crippen LogP contribution in [0.3, 0.4) is 0 Å². The summed E-state index contributed by atoms with van der Waals surface area (Å²) in [7, 11) is 4.55. The van der Waals surface area contributed by atoms with E-state index in [1.54, 1.807) is 0 Å². The summed E-state index contributed by atoms with van der Waals surface area (Å²) in [6, 6.07) is 0.430. The molecule has 0 aromatic heterocycles. The van der Waals surface area contributed by atoms with Gasteiger partial charge in [0.2, 0.25) is 0 Å². The summed E-state index contributed by atoms with van der Waals surface area (Å²) in [6.45, 7) is 9.77. The SMILES string of the molecule is CC(C)C1CCC(N)C(CN(C)CC2CCN(C)CC2)C1. The number of nitrogens with zero attached hydrogens (tertiary/aromatic N) is 2. The predicted molar refractivity (Wildman–Crippen MR) is 91.4 cm³/mol. The van der Waals surface area contributed by atoms with Crippen LogP contribution in [0.1, 0.15) is 46.0 Å². The van der Waals surface area contributed by atoms with Crippen molar-refractivity contribution in [1.29, 1.82) is 0 Å². The van der Waals surface area contributed by atoms with E-state index in [2.05, 4.69) is 37.7 Å². The van der Waals surface area contributed by atoms with Gasteiger partial charge in [0.05, 0.1) is 0 Å². The van der Waals surface area contributed by atoms with Crippen LogP contribution in [-0.2, 0) is 0 Å². The van der Waals surface area contributed by atoms with E-state index >= 15 is 0 Å². The van der Waals surface area contributed by atoms with Gasteiger partial charge in [0.1, 0.15) is 0 Å². The van der Waals surface area contributed by atoms with Crippen molar-refractivity contribution in [2.24, 2.45) is 29.4 Å². The molecule has 0 amide bonds. The molecule has 124 valence electrons. The van der Waals surface area contributed by atoms with Crippen molar-refractivity contribution in [3.8, 4) is 0 Å². The Morgan fingerprint density at radius 3 is 2.38 bits per heavy atom. The molecule has 1 aliphatic carbocycles. The van der Waals surface area contributed by atoms with Gasteiger partial charge < -0.3 is 15.5 Å². The molecule has 2 aliphatic rings. The first-order chi connectivity index (χ1) is 9.95. The summed E-state index contributed by atoms with van der Waals surface area (Å²) in [5, 5.41) is 0. The Kier molecular flexibility index (Phi) is 6.51. The largest absolute Gasteiger partial charge is 0.327 e. The summed E-state index contributed by atoms with van der Waals surface area (Å²) >= 11 is 0. The lowest BCUT2D eigenvalue weighted by molar-refractivity contribution is 0.125. The number of nitrogens with two attached hydrogens (primary N) is 1. The molecule has 3 nitrogen and oxygen atoms in total. The number of piperidine rings is 1. The minimum Gasteiger partial charge on any atom is -0.327 e. The molecule has 3 atom stereocenters. The first-order valence-corrected chi connectivity index (χ1v) is 9.08. The van der Waals surface area contributed by atoms with Crippen LogP contribution in [0.5, 0.6) is 0 Å². The highest BCUT2D eigenvalue weighted by Crippen LogP contribution is 2.33. The highest BCUT2D eigenvalue weighted by Gasteiger charge is 2.30. The first kappa shape index (κ1) is 17.2.